The van der Waals surface area contributed by atoms with E-state index in [1.54, 1.807) is 0 Å². The van der Waals surface area contributed by atoms with Gasteiger partial charge in [-0.15, -0.1) is 0 Å². The van der Waals surface area contributed by atoms with E-state index in [1.807, 2.05) is 0 Å². The van der Waals surface area contributed by atoms with Crippen molar-refractivity contribution in [2.45, 2.75) is 19.3 Å². The maximum Gasteiger partial charge on any atom is 0.504 e. The summed E-state index contributed by atoms with van der Waals surface area (Å²) in [6.07, 6.45) is 2.22. The number of nitrogens with zero attached hydrogens (tertiary/aromatic N) is 2. The van der Waals surface area contributed by atoms with Crippen LogP contribution in [-0.2, 0) is 0 Å². The zero-order valence-electron chi connectivity index (χ0n) is 6.99. The van der Waals surface area contributed by atoms with Crippen molar-refractivity contribution in [1.82, 2.24) is 4.90 Å². The second kappa shape index (κ2) is 2.77. The Balaban J connectivity index is 2.24. The second-order valence-electron chi connectivity index (χ2n) is 3.29. The van der Waals surface area contributed by atoms with Gasteiger partial charge in [0.1, 0.15) is 6.54 Å². The minimum absolute atomic E-state index is 0.682. The SMILES string of the molecule is O=C(O)N1CCC[N+]2=C1CCC2. The van der Waals surface area contributed by atoms with Gasteiger partial charge in [-0.1, -0.05) is 0 Å². The molecule has 0 aromatic heterocycles. The fourth-order valence-electron chi connectivity index (χ4n) is 2.02. The molecule has 0 aromatic rings. The number of hydrogen-bond acceptors (Lipinski definition) is 1. The predicted molar refractivity (Wildman–Crippen MR) is 43.6 cm³/mol. The lowest BCUT2D eigenvalue weighted by Gasteiger charge is -2.18. The second-order valence-corrected chi connectivity index (χ2v) is 3.29. The molecular formula is C8H13N2O2+. The van der Waals surface area contributed by atoms with E-state index in [-0.39, 0.29) is 0 Å². The molecule has 0 bridgehead atoms. The maximum absolute atomic E-state index is 10.8. The van der Waals surface area contributed by atoms with Gasteiger partial charge in [-0.25, -0.2) is 0 Å². The summed E-state index contributed by atoms with van der Waals surface area (Å²) in [7, 11) is 0. The van der Waals surface area contributed by atoms with Crippen molar-refractivity contribution in [3.63, 3.8) is 0 Å². The maximum atomic E-state index is 10.8. The van der Waals surface area contributed by atoms with Gasteiger partial charge in [0.15, 0.2) is 0 Å². The molecule has 1 N–H and O–H groups in total. The number of rotatable bonds is 0. The molecule has 4 nitrogen and oxygen atoms in total. The Kier molecular flexibility index (Phi) is 1.75. The van der Waals surface area contributed by atoms with Gasteiger partial charge in [0.05, 0.1) is 19.5 Å². The van der Waals surface area contributed by atoms with Crippen molar-refractivity contribution in [3.05, 3.63) is 0 Å². The number of carbonyl (C=O) groups is 1. The molecule has 0 unspecified atom stereocenters. The number of hydrogen-bond donors (Lipinski definition) is 1. The molecule has 0 saturated carbocycles. The first-order chi connectivity index (χ1) is 5.79. The van der Waals surface area contributed by atoms with Crippen LogP contribution in [0.5, 0.6) is 0 Å². The van der Waals surface area contributed by atoms with E-state index in [1.165, 1.54) is 4.90 Å². The molecule has 2 heterocycles. The first kappa shape index (κ1) is 7.58. The molecule has 0 aromatic carbocycles. The van der Waals surface area contributed by atoms with Crippen LogP contribution in [0.1, 0.15) is 19.3 Å². The van der Waals surface area contributed by atoms with Crippen molar-refractivity contribution in [1.29, 1.82) is 0 Å². The molecule has 2 aliphatic heterocycles. The summed E-state index contributed by atoms with van der Waals surface area (Å²) in [5.41, 5.74) is 0. The van der Waals surface area contributed by atoms with Crippen LogP contribution in [0, 0.1) is 0 Å². The average Bonchev–Trinajstić information content (AvgIpc) is 2.49. The summed E-state index contributed by atoms with van der Waals surface area (Å²) in [4.78, 5) is 12.3. The van der Waals surface area contributed by atoms with Gasteiger partial charge in [0, 0.05) is 6.42 Å². The van der Waals surface area contributed by atoms with Crippen molar-refractivity contribution in [2.24, 2.45) is 0 Å². The van der Waals surface area contributed by atoms with Gasteiger partial charge >= 0.3 is 6.09 Å². The molecule has 0 atom stereocenters. The van der Waals surface area contributed by atoms with Crippen LogP contribution in [0.3, 0.4) is 0 Å². The highest BCUT2D eigenvalue weighted by Gasteiger charge is 2.35. The molecule has 1 amide bonds. The van der Waals surface area contributed by atoms with E-state index in [9.17, 15) is 4.79 Å². The van der Waals surface area contributed by atoms with E-state index in [4.69, 9.17) is 5.11 Å². The van der Waals surface area contributed by atoms with Gasteiger partial charge < -0.3 is 5.11 Å². The molecule has 0 saturated heterocycles. The van der Waals surface area contributed by atoms with Crippen LogP contribution in [-0.4, -0.2) is 46.1 Å². The first-order valence-electron chi connectivity index (χ1n) is 4.40. The first-order valence-corrected chi connectivity index (χ1v) is 4.40. The van der Waals surface area contributed by atoms with Gasteiger partial charge in [-0.05, 0) is 6.42 Å². The third-order valence-electron chi connectivity index (χ3n) is 2.55. The molecule has 0 spiro atoms. The zero-order chi connectivity index (χ0) is 8.55. The lowest BCUT2D eigenvalue weighted by molar-refractivity contribution is -0.529. The summed E-state index contributed by atoms with van der Waals surface area (Å²) in [5, 5.41) is 8.86. The van der Waals surface area contributed by atoms with Gasteiger partial charge in [-0.2, -0.15) is 9.69 Å². The molecule has 0 fully saturated rings. The lowest BCUT2D eigenvalue weighted by Crippen LogP contribution is -2.44. The molecule has 66 valence electrons. The third-order valence-corrected chi connectivity index (χ3v) is 2.55. The smallest absolute Gasteiger partial charge is 0.447 e. The minimum Gasteiger partial charge on any atom is -0.447 e. The zero-order valence-corrected chi connectivity index (χ0v) is 6.99. The summed E-state index contributed by atoms with van der Waals surface area (Å²) >= 11 is 0. The summed E-state index contributed by atoms with van der Waals surface area (Å²) < 4.78 is 2.19. The Morgan fingerprint density at radius 2 is 2.17 bits per heavy atom. The molecule has 4 heteroatoms. The normalized spacial score (nSPS) is 22.8. The summed E-state index contributed by atoms with van der Waals surface area (Å²) in [6.45, 7) is 2.76. The highest BCUT2D eigenvalue weighted by Crippen LogP contribution is 2.14. The van der Waals surface area contributed by atoms with Crippen LogP contribution in [0.2, 0.25) is 0 Å². The van der Waals surface area contributed by atoms with E-state index in [2.05, 4.69) is 4.58 Å². The van der Waals surface area contributed by atoms with Crippen molar-refractivity contribution < 1.29 is 14.5 Å². The van der Waals surface area contributed by atoms with E-state index >= 15 is 0 Å². The van der Waals surface area contributed by atoms with Crippen LogP contribution in [0.4, 0.5) is 4.79 Å². The molecule has 0 radical (unpaired) electrons. The molecule has 12 heavy (non-hydrogen) atoms. The standard InChI is InChI=1S/C8H12N2O2/c11-8(12)10-6-2-5-9-4-1-3-7(9)10/h1-6H2/p+1. The van der Waals surface area contributed by atoms with Crippen molar-refractivity contribution in [2.75, 3.05) is 19.6 Å². The van der Waals surface area contributed by atoms with Crippen LogP contribution >= 0.6 is 0 Å². The Morgan fingerprint density at radius 3 is 2.92 bits per heavy atom. The van der Waals surface area contributed by atoms with Crippen LogP contribution in [0.15, 0.2) is 0 Å². The Hall–Kier alpha value is -1.06. The average molecular weight is 169 g/mol. The number of amidine groups is 1. The Labute approximate surface area is 71.1 Å². The molecule has 2 aliphatic rings. The van der Waals surface area contributed by atoms with Gasteiger partial charge in [0.2, 0.25) is 0 Å². The van der Waals surface area contributed by atoms with Crippen LogP contribution < -0.4 is 0 Å². The highest BCUT2D eigenvalue weighted by molar-refractivity contribution is 5.92. The molecule has 2 rings (SSSR count). The van der Waals surface area contributed by atoms with Crippen LogP contribution in [0.25, 0.3) is 0 Å². The fourth-order valence-corrected chi connectivity index (χ4v) is 2.02. The van der Waals surface area contributed by atoms with E-state index in [0.717, 1.165) is 38.2 Å². The third kappa shape index (κ3) is 1.07. The highest BCUT2D eigenvalue weighted by atomic mass is 16.4. The number of carboxylic acid groups (broad SMARTS) is 1. The molecular weight excluding hydrogens is 156 g/mol. The quantitative estimate of drug-likeness (QED) is 0.539. The monoisotopic (exact) mass is 169 g/mol. The van der Waals surface area contributed by atoms with E-state index < -0.39 is 6.09 Å². The topological polar surface area (TPSA) is 43.5 Å². The fraction of sp³-hybridized carbons (Fsp3) is 0.750. The van der Waals surface area contributed by atoms with Gasteiger partial charge in [0.25, 0.3) is 5.84 Å². The van der Waals surface area contributed by atoms with Crippen molar-refractivity contribution >= 4 is 11.9 Å². The number of amides is 1. The summed E-state index contributed by atoms with van der Waals surface area (Å²) in [5.74, 6) is 1.02. The minimum atomic E-state index is -0.795. The summed E-state index contributed by atoms with van der Waals surface area (Å²) in [6, 6.07) is 0. The molecule has 0 aliphatic carbocycles. The lowest BCUT2D eigenvalue weighted by atomic mass is 10.3. The van der Waals surface area contributed by atoms with Gasteiger partial charge in [-0.3, -0.25) is 4.58 Å². The Morgan fingerprint density at radius 1 is 1.42 bits per heavy atom. The van der Waals surface area contributed by atoms with Crippen molar-refractivity contribution in [3.8, 4) is 0 Å². The predicted octanol–water partition coefficient (Wildman–Crippen LogP) is 0.575. The largest absolute Gasteiger partial charge is 0.504 e. The Bertz CT molecular complexity index is 247. The van der Waals surface area contributed by atoms with E-state index in [0.29, 0.717) is 6.54 Å².